The Kier molecular flexibility index (Phi) is 3.91. The molecule has 3 nitrogen and oxygen atoms in total. The number of aliphatic hydroxyl groups is 1. The maximum absolute atomic E-state index is 12.9. The zero-order valence-electron chi connectivity index (χ0n) is 14.7. The summed E-state index contributed by atoms with van der Waals surface area (Å²) in [6.45, 7) is 8.82. The van der Waals surface area contributed by atoms with E-state index in [1.165, 1.54) is 17.2 Å². The summed E-state index contributed by atoms with van der Waals surface area (Å²) in [6.07, 6.45) is 5.85. The molecule has 23 heavy (non-hydrogen) atoms. The van der Waals surface area contributed by atoms with Crippen molar-refractivity contribution < 1.29 is 14.7 Å². The lowest BCUT2D eigenvalue weighted by Crippen LogP contribution is -2.44. The van der Waals surface area contributed by atoms with E-state index >= 15 is 0 Å². The van der Waals surface area contributed by atoms with Gasteiger partial charge in [0.05, 0.1) is 6.10 Å². The molecule has 1 fully saturated rings. The van der Waals surface area contributed by atoms with Gasteiger partial charge in [-0.25, -0.2) is 0 Å². The van der Waals surface area contributed by atoms with Crippen LogP contribution in [0.15, 0.2) is 22.8 Å². The average Bonchev–Trinajstić information content (AvgIpc) is 2.81. The molecule has 0 aliphatic heterocycles. The monoisotopic (exact) mass is 316 g/mol. The molecule has 1 N–H and O–H groups in total. The summed E-state index contributed by atoms with van der Waals surface area (Å²) in [5.74, 6) is 0.547. The molecule has 3 aliphatic carbocycles. The Hall–Kier alpha value is -1.22. The van der Waals surface area contributed by atoms with Crippen LogP contribution in [0.5, 0.6) is 0 Å². The first kappa shape index (κ1) is 16.6. The lowest BCUT2D eigenvalue weighted by Gasteiger charge is -2.49. The van der Waals surface area contributed by atoms with E-state index in [4.69, 9.17) is 0 Å². The van der Waals surface area contributed by atoms with Crippen molar-refractivity contribution in [3.05, 3.63) is 22.8 Å². The molecule has 0 aromatic heterocycles. The summed E-state index contributed by atoms with van der Waals surface area (Å²) in [7, 11) is 0. The van der Waals surface area contributed by atoms with Gasteiger partial charge in [-0.3, -0.25) is 9.59 Å². The second-order valence-corrected chi connectivity index (χ2v) is 8.50. The molecule has 4 atom stereocenters. The highest BCUT2D eigenvalue weighted by atomic mass is 16.3. The summed E-state index contributed by atoms with van der Waals surface area (Å²) in [5.41, 5.74) is 2.84. The summed E-state index contributed by atoms with van der Waals surface area (Å²) in [6, 6.07) is 0. The van der Waals surface area contributed by atoms with Gasteiger partial charge >= 0.3 is 0 Å². The van der Waals surface area contributed by atoms with E-state index in [1.807, 2.05) is 6.92 Å². The Morgan fingerprint density at radius 3 is 2.57 bits per heavy atom. The van der Waals surface area contributed by atoms with Crippen molar-refractivity contribution in [1.82, 2.24) is 0 Å². The minimum absolute atomic E-state index is 0.0192. The summed E-state index contributed by atoms with van der Waals surface area (Å²) < 4.78 is 0. The number of aldehydes is 1. The van der Waals surface area contributed by atoms with E-state index in [0.29, 0.717) is 18.6 Å². The van der Waals surface area contributed by atoms with Crippen LogP contribution in [0, 0.1) is 22.7 Å². The number of carbonyl (C=O) groups excluding carboxylic acids is 2. The maximum Gasteiger partial charge on any atom is 0.162 e. The predicted molar refractivity (Wildman–Crippen MR) is 89.8 cm³/mol. The number of fused-ring (bicyclic) bond motifs is 3. The van der Waals surface area contributed by atoms with E-state index < -0.39 is 11.5 Å². The number of hydrogen-bond acceptors (Lipinski definition) is 3. The predicted octanol–water partition coefficient (Wildman–Crippen LogP) is 3.61. The average molecular weight is 316 g/mol. The van der Waals surface area contributed by atoms with E-state index in [9.17, 15) is 14.7 Å². The van der Waals surface area contributed by atoms with Crippen LogP contribution in [-0.2, 0) is 9.59 Å². The number of hydrogen-bond donors (Lipinski definition) is 1. The zero-order chi connectivity index (χ0) is 17.0. The SMILES string of the molecule is CC(C)C1=C2[C@H]3C[C@@H](O)C(C=O)=CC(=O)[C@]3(C)CC[C@@]2(C)CC1. The molecule has 3 rings (SSSR count). The fraction of sp³-hybridized carbons (Fsp3) is 0.700. The quantitative estimate of drug-likeness (QED) is 0.625. The van der Waals surface area contributed by atoms with Crippen LogP contribution >= 0.6 is 0 Å². The first-order valence-corrected chi connectivity index (χ1v) is 8.85. The molecule has 3 aliphatic rings. The van der Waals surface area contributed by atoms with Gasteiger partial charge in [-0.1, -0.05) is 38.8 Å². The third-order valence-corrected chi connectivity index (χ3v) is 6.79. The number of aliphatic hydroxyl groups excluding tert-OH is 1. The standard InChI is InChI=1S/C20H28O3/c1-12(2)14-5-6-19(3)7-8-20(4)15(18(14)19)10-16(22)13(11-21)9-17(20)23/h9,11-12,15-16,22H,5-8,10H2,1-4H3/t15-,16-,19-,20-/m1/s1. The van der Waals surface area contributed by atoms with Crippen molar-refractivity contribution in [3.63, 3.8) is 0 Å². The van der Waals surface area contributed by atoms with Crippen molar-refractivity contribution in [3.8, 4) is 0 Å². The summed E-state index contributed by atoms with van der Waals surface area (Å²) >= 11 is 0. The first-order chi connectivity index (χ1) is 10.7. The smallest absolute Gasteiger partial charge is 0.162 e. The van der Waals surface area contributed by atoms with Crippen molar-refractivity contribution in [2.45, 2.75) is 65.9 Å². The third kappa shape index (κ3) is 2.36. The zero-order valence-corrected chi connectivity index (χ0v) is 14.7. The Labute approximate surface area is 138 Å². The molecule has 0 radical (unpaired) electrons. The normalized spacial score (nSPS) is 40.6. The number of ketones is 1. The van der Waals surface area contributed by atoms with Crippen LogP contribution in [0.25, 0.3) is 0 Å². The van der Waals surface area contributed by atoms with Gasteiger partial charge in [0.1, 0.15) is 6.29 Å². The van der Waals surface area contributed by atoms with Crippen LogP contribution in [0.3, 0.4) is 0 Å². The van der Waals surface area contributed by atoms with Crippen LogP contribution in [0.1, 0.15) is 59.8 Å². The molecule has 0 aromatic carbocycles. The Morgan fingerprint density at radius 2 is 1.96 bits per heavy atom. The van der Waals surface area contributed by atoms with Crippen LogP contribution in [0.4, 0.5) is 0 Å². The highest BCUT2D eigenvalue weighted by molar-refractivity contribution is 6.00. The van der Waals surface area contributed by atoms with Gasteiger partial charge in [0.25, 0.3) is 0 Å². The van der Waals surface area contributed by atoms with Gasteiger partial charge in [0, 0.05) is 11.0 Å². The minimum Gasteiger partial charge on any atom is -0.388 e. The lowest BCUT2D eigenvalue weighted by molar-refractivity contribution is -0.127. The van der Waals surface area contributed by atoms with Crippen molar-refractivity contribution >= 4 is 12.1 Å². The van der Waals surface area contributed by atoms with Gasteiger partial charge in [-0.2, -0.15) is 0 Å². The van der Waals surface area contributed by atoms with Crippen LogP contribution in [-0.4, -0.2) is 23.3 Å². The largest absolute Gasteiger partial charge is 0.388 e. The van der Waals surface area contributed by atoms with Crippen LogP contribution in [0.2, 0.25) is 0 Å². The molecule has 0 heterocycles. The van der Waals surface area contributed by atoms with Gasteiger partial charge in [0.2, 0.25) is 0 Å². The second kappa shape index (κ2) is 5.41. The molecule has 0 unspecified atom stereocenters. The summed E-state index contributed by atoms with van der Waals surface area (Å²) in [4.78, 5) is 24.1. The Balaban J connectivity index is 2.15. The molecule has 0 saturated heterocycles. The molecule has 126 valence electrons. The topological polar surface area (TPSA) is 54.4 Å². The van der Waals surface area contributed by atoms with Gasteiger partial charge in [-0.15, -0.1) is 0 Å². The lowest BCUT2D eigenvalue weighted by atomic mass is 9.54. The fourth-order valence-corrected chi connectivity index (χ4v) is 5.16. The number of allylic oxidation sites excluding steroid dienone is 3. The van der Waals surface area contributed by atoms with E-state index in [1.54, 1.807) is 0 Å². The highest BCUT2D eigenvalue weighted by Gasteiger charge is 2.55. The number of carbonyl (C=O) groups is 2. The number of rotatable bonds is 2. The van der Waals surface area contributed by atoms with Crippen molar-refractivity contribution in [1.29, 1.82) is 0 Å². The first-order valence-electron chi connectivity index (χ1n) is 8.85. The van der Waals surface area contributed by atoms with E-state index in [0.717, 1.165) is 25.7 Å². The summed E-state index contributed by atoms with van der Waals surface area (Å²) in [5, 5.41) is 10.5. The molecular weight excluding hydrogens is 288 g/mol. The second-order valence-electron chi connectivity index (χ2n) is 8.50. The molecule has 0 bridgehead atoms. The Morgan fingerprint density at radius 1 is 1.26 bits per heavy atom. The van der Waals surface area contributed by atoms with Crippen LogP contribution < -0.4 is 0 Å². The molecule has 0 amide bonds. The molecule has 1 saturated carbocycles. The van der Waals surface area contributed by atoms with Gasteiger partial charge in [0.15, 0.2) is 5.78 Å². The fourth-order valence-electron chi connectivity index (χ4n) is 5.16. The maximum atomic E-state index is 12.9. The van der Waals surface area contributed by atoms with Crippen molar-refractivity contribution in [2.24, 2.45) is 22.7 Å². The molecule has 0 aromatic rings. The van der Waals surface area contributed by atoms with Gasteiger partial charge < -0.3 is 5.11 Å². The third-order valence-electron chi connectivity index (χ3n) is 6.79. The highest BCUT2D eigenvalue weighted by Crippen LogP contribution is 2.62. The minimum atomic E-state index is -0.827. The molecule has 0 spiro atoms. The van der Waals surface area contributed by atoms with Gasteiger partial charge in [-0.05, 0) is 55.4 Å². The van der Waals surface area contributed by atoms with Crippen molar-refractivity contribution in [2.75, 3.05) is 0 Å². The van der Waals surface area contributed by atoms with E-state index in [-0.39, 0.29) is 22.7 Å². The molecule has 3 heteroatoms. The Bertz CT molecular complexity index is 612. The molecular formula is C20H28O3. The van der Waals surface area contributed by atoms with E-state index in [2.05, 4.69) is 20.8 Å².